The summed E-state index contributed by atoms with van der Waals surface area (Å²) in [6.45, 7) is 0.168. The summed E-state index contributed by atoms with van der Waals surface area (Å²) < 4.78 is 10.1. The SMILES string of the molecule is O=C(/C=C/c1ccco1)NCCC(=O)NNc1nc(-c2ccncc2)no1. The van der Waals surface area contributed by atoms with Crippen molar-refractivity contribution in [1.82, 2.24) is 25.9 Å². The molecule has 3 rings (SSSR count). The lowest BCUT2D eigenvalue weighted by molar-refractivity contribution is -0.120. The molecule has 3 heterocycles. The maximum atomic E-state index is 11.8. The molecule has 0 radical (unpaired) electrons. The molecule has 0 aromatic carbocycles. The summed E-state index contributed by atoms with van der Waals surface area (Å²) in [5.41, 5.74) is 5.67. The average Bonchev–Trinajstić information content (AvgIpc) is 3.37. The largest absolute Gasteiger partial charge is 0.465 e. The van der Waals surface area contributed by atoms with Crippen LogP contribution in [0.1, 0.15) is 12.2 Å². The van der Waals surface area contributed by atoms with Crippen LogP contribution in [0.25, 0.3) is 17.5 Å². The minimum Gasteiger partial charge on any atom is -0.465 e. The molecule has 0 aliphatic rings. The highest BCUT2D eigenvalue weighted by Crippen LogP contribution is 2.15. The minimum atomic E-state index is -0.353. The number of hydrazine groups is 1. The van der Waals surface area contributed by atoms with Crippen molar-refractivity contribution in [3.05, 3.63) is 54.8 Å². The zero-order valence-electron chi connectivity index (χ0n) is 14.1. The second kappa shape index (κ2) is 8.94. The monoisotopic (exact) mass is 368 g/mol. The van der Waals surface area contributed by atoms with Gasteiger partial charge in [0.25, 0.3) is 0 Å². The first-order valence-corrected chi connectivity index (χ1v) is 7.99. The second-order valence-corrected chi connectivity index (χ2v) is 5.22. The van der Waals surface area contributed by atoms with Crippen molar-refractivity contribution >= 4 is 23.9 Å². The van der Waals surface area contributed by atoms with Gasteiger partial charge >= 0.3 is 6.01 Å². The molecule has 27 heavy (non-hydrogen) atoms. The van der Waals surface area contributed by atoms with Crippen LogP contribution < -0.4 is 16.2 Å². The Balaban J connectivity index is 1.36. The Morgan fingerprint density at radius 3 is 2.81 bits per heavy atom. The van der Waals surface area contributed by atoms with Crippen molar-refractivity contribution in [3.8, 4) is 11.4 Å². The first-order valence-electron chi connectivity index (χ1n) is 7.99. The van der Waals surface area contributed by atoms with Crippen molar-refractivity contribution in [3.63, 3.8) is 0 Å². The Hall–Kier alpha value is -3.95. The van der Waals surface area contributed by atoms with Crippen LogP contribution in [0.2, 0.25) is 0 Å². The van der Waals surface area contributed by atoms with Crippen LogP contribution in [0, 0.1) is 0 Å². The standard InChI is InChI=1S/C17H16N6O4/c24-14(4-3-13-2-1-11-26-13)19-10-7-15(25)21-22-17-20-16(23-27-17)12-5-8-18-9-6-12/h1-6,8-9,11H,7,10H2,(H,19,24)(H,21,25)(H,20,22,23)/b4-3+. The number of amides is 2. The Morgan fingerprint density at radius 1 is 1.19 bits per heavy atom. The summed E-state index contributed by atoms with van der Waals surface area (Å²) in [5.74, 6) is 0.252. The highest BCUT2D eigenvalue weighted by Gasteiger charge is 2.09. The van der Waals surface area contributed by atoms with E-state index in [2.05, 4.69) is 31.3 Å². The summed E-state index contributed by atoms with van der Waals surface area (Å²) in [7, 11) is 0. The molecule has 10 heteroatoms. The summed E-state index contributed by atoms with van der Waals surface area (Å²) in [4.78, 5) is 31.4. The van der Waals surface area contributed by atoms with Crippen LogP contribution in [-0.2, 0) is 9.59 Å². The molecule has 0 saturated heterocycles. The van der Waals surface area contributed by atoms with Crippen LogP contribution in [0.4, 0.5) is 6.01 Å². The number of furan rings is 1. The number of hydrogen-bond acceptors (Lipinski definition) is 8. The van der Waals surface area contributed by atoms with E-state index in [4.69, 9.17) is 8.94 Å². The fourth-order valence-corrected chi connectivity index (χ4v) is 1.98. The first-order chi connectivity index (χ1) is 13.2. The van der Waals surface area contributed by atoms with Gasteiger partial charge in [-0.1, -0.05) is 5.16 Å². The van der Waals surface area contributed by atoms with E-state index in [1.54, 1.807) is 36.7 Å². The fourth-order valence-electron chi connectivity index (χ4n) is 1.98. The van der Waals surface area contributed by atoms with Gasteiger partial charge in [-0.2, -0.15) is 4.98 Å². The number of carbonyl (C=O) groups excluding carboxylic acids is 2. The zero-order valence-corrected chi connectivity index (χ0v) is 14.1. The van der Waals surface area contributed by atoms with E-state index < -0.39 is 0 Å². The van der Waals surface area contributed by atoms with Crippen molar-refractivity contribution in [2.75, 3.05) is 12.0 Å². The van der Waals surface area contributed by atoms with Crippen molar-refractivity contribution in [1.29, 1.82) is 0 Å². The van der Waals surface area contributed by atoms with Gasteiger partial charge in [0.15, 0.2) is 0 Å². The molecule has 0 atom stereocenters. The fraction of sp³-hybridized carbons (Fsp3) is 0.118. The zero-order chi connectivity index (χ0) is 18.9. The van der Waals surface area contributed by atoms with Crippen LogP contribution in [0.3, 0.4) is 0 Å². The molecule has 0 bridgehead atoms. The molecule has 0 fully saturated rings. The van der Waals surface area contributed by atoms with E-state index in [-0.39, 0.29) is 30.8 Å². The molecule has 0 aliphatic carbocycles. The maximum Gasteiger partial charge on any atom is 0.340 e. The van der Waals surface area contributed by atoms with E-state index >= 15 is 0 Å². The molecule has 3 N–H and O–H groups in total. The number of hydrogen-bond donors (Lipinski definition) is 3. The van der Waals surface area contributed by atoms with Gasteiger partial charge in [0, 0.05) is 37.0 Å². The molecular weight excluding hydrogens is 352 g/mol. The third-order valence-corrected chi connectivity index (χ3v) is 3.27. The van der Waals surface area contributed by atoms with E-state index in [0.29, 0.717) is 11.6 Å². The molecule has 0 saturated carbocycles. The van der Waals surface area contributed by atoms with Gasteiger partial charge in [0.2, 0.25) is 17.6 Å². The number of aromatic nitrogens is 3. The summed E-state index contributed by atoms with van der Waals surface area (Å²) in [5, 5.41) is 6.38. The highest BCUT2D eigenvalue weighted by molar-refractivity contribution is 5.91. The van der Waals surface area contributed by atoms with Gasteiger partial charge in [-0.05, 0) is 30.3 Å². The van der Waals surface area contributed by atoms with E-state index in [1.165, 1.54) is 18.4 Å². The first kappa shape index (κ1) is 17.9. The Labute approximate surface area is 153 Å². The summed E-state index contributed by atoms with van der Waals surface area (Å²) >= 11 is 0. The topological polar surface area (TPSA) is 135 Å². The van der Waals surface area contributed by atoms with Crippen LogP contribution in [0.15, 0.2) is 57.9 Å². The Morgan fingerprint density at radius 2 is 2.04 bits per heavy atom. The number of rotatable bonds is 8. The summed E-state index contributed by atoms with van der Waals surface area (Å²) in [6.07, 6.45) is 7.66. The smallest absolute Gasteiger partial charge is 0.340 e. The third-order valence-electron chi connectivity index (χ3n) is 3.27. The maximum absolute atomic E-state index is 11.8. The average molecular weight is 368 g/mol. The number of nitrogens with one attached hydrogen (secondary N) is 3. The van der Waals surface area contributed by atoms with Gasteiger partial charge < -0.3 is 14.3 Å². The molecular formula is C17H16N6O4. The lowest BCUT2D eigenvalue weighted by Gasteiger charge is -2.04. The normalized spacial score (nSPS) is 10.7. The minimum absolute atomic E-state index is 0.0422. The van der Waals surface area contributed by atoms with Crippen molar-refractivity contribution < 1.29 is 18.5 Å². The number of carbonyl (C=O) groups is 2. The lowest BCUT2D eigenvalue weighted by atomic mass is 10.3. The quantitative estimate of drug-likeness (QED) is 0.401. The van der Waals surface area contributed by atoms with Crippen LogP contribution >= 0.6 is 0 Å². The van der Waals surface area contributed by atoms with Gasteiger partial charge in [-0.3, -0.25) is 20.0 Å². The van der Waals surface area contributed by atoms with Crippen LogP contribution in [-0.4, -0.2) is 33.5 Å². The molecule has 2 amide bonds. The number of pyridine rings is 1. The second-order valence-electron chi connectivity index (χ2n) is 5.22. The van der Waals surface area contributed by atoms with Crippen molar-refractivity contribution in [2.45, 2.75) is 6.42 Å². The molecule has 3 aromatic rings. The molecule has 0 unspecified atom stereocenters. The van der Waals surface area contributed by atoms with Gasteiger partial charge in [0.1, 0.15) is 5.76 Å². The van der Waals surface area contributed by atoms with E-state index in [1.807, 2.05) is 0 Å². The highest BCUT2D eigenvalue weighted by atomic mass is 16.5. The molecule has 10 nitrogen and oxygen atoms in total. The van der Waals surface area contributed by atoms with E-state index in [0.717, 1.165) is 5.56 Å². The molecule has 3 aromatic heterocycles. The predicted octanol–water partition coefficient (Wildman–Crippen LogP) is 1.39. The Kier molecular flexibility index (Phi) is 5.92. The molecule has 138 valence electrons. The summed E-state index contributed by atoms with van der Waals surface area (Å²) in [6, 6.07) is 6.95. The van der Waals surface area contributed by atoms with Gasteiger partial charge in [-0.25, -0.2) is 5.43 Å². The Bertz CT molecular complexity index is 905. The van der Waals surface area contributed by atoms with Crippen LogP contribution in [0.5, 0.6) is 0 Å². The lowest BCUT2D eigenvalue weighted by Crippen LogP contribution is -2.33. The van der Waals surface area contributed by atoms with Gasteiger partial charge in [0.05, 0.1) is 6.26 Å². The predicted molar refractivity (Wildman–Crippen MR) is 94.7 cm³/mol. The molecule has 0 aliphatic heterocycles. The van der Waals surface area contributed by atoms with Gasteiger partial charge in [-0.15, -0.1) is 0 Å². The number of nitrogens with zero attached hydrogens (tertiary/aromatic N) is 3. The molecule has 0 spiro atoms. The van der Waals surface area contributed by atoms with Crippen molar-refractivity contribution in [2.24, 2.45) is 0 Å². The number of anilines is 1. The third kappa shape index (κ3) is 5.53. The van der Waals surface area contributed by atoms with E-state index in [9.17, 15) is 9.59 Å².